The molecule has 2 amide bonds. The summed E-state index contributed by atoms with van der Waals surface area (Å²) in [4.78, 5) is 27.9. The number of ether oxygens (including phenoxy) is 2. The van der Waals surface area contributed by atoms with Crippen molar-refractivity contribution in [3.63, 3.8) is 0 Å². The van der Waals surface area contributed by atoms with Gasteiger partial charge in [0.05, 0.1) is 11.9 Å². The molecule has 0 fully saturated rings. The summed E-state index contributed by atoms with van der Waals surface area (Å²) < 4.78 is 37.0. The third kappa shape index (κ3) is 7.13. The van der Waals surface area contributed by atoms with Gasteiger partial charge in [-0.3, -0.25) is 13.9 Å². The molecule has 1 unspecified atom stereocenters. The van der Waals surface area contributed by atoms with Gasteiger partial charge in [-0.1, -0.05) is 37.3 Å². The molecular weight excluding hydrogens is 482 g/mol. The molecule has 9 nitrogen and oxygen atoms in total. The molecule has 3 rings (SSSR count). The Morgan fingerprint density at radius 2 is 1.75 bits per heavy atom. The van der Waals surface area contributed by atoms with Crippen LogP contribution >= 0.6 is 0 Å². The Labute approximate surface area is 213 Å². The summed E-state index contributed by atoms with van der Waals surface area (Å²) in [6.45, 7) is 6.13. The first-order valence-corrected chi connectivity index (χ1v) is 14.0. The van der Waals surface area contributed by atoms with Crippen LogP contribution in [-0.2, 0) is 26.2 Å². The molecule has 0 aromatic heterocycles. The third-order valence-electron chi connectivity index (χ3n) is 5.81. The van der Waals surface area contributed by atoms with E-state index in [1.54, 1.807) is 23.1 Å². The fourth-order valence-electron chi connectivity index (χ4n) is 4.12. The molecule has 1 atom stereocenters. The van der Waals surface area contributed by atoms with Crippen molar-refractivity contribution in [2.24, 2.45) is 0 Å². The fourth-order valence-corrected chi connectivity index (χ4v) is 5.08. The number of anilines is 1. The van der Waals surface area contributed by atoms with E-state index in [0.29, 0.717) is 30.2 Å². The van der Waals surface area contributed by atoms with Crippen LogP contribution < -0.4 is 19.1 Å². The van der Waals surface area contributed by atoms with Crippen molar-refractivity contribution < 1.29 is 27.5 Å². The number of hydrogen-bond acceptors (Lipinski definition) is 6. The van der Waals surface area contributed by atoms with Crippen LogP contribution in [0.25, 0.3) is 0 Å². The molecule has 1 aliphatic heterocycles. The van der Waals surface area contributed by atoms with Gasteiger partial charge in [-0.2, -0.15) is 0 Å². The van der Waals surface area contributed by atoms with E-state index in [-0.39, 0.29) is 44.0 Å². The monoisotopic (exact) mass is 517 g/mol. The minimum atomic E-state index is -3.60. The van der Waals surface area contributed by atoms with E-state index in [2.05, 4.69) is 5.32 Å². The second-order valence-corrected chi connectivity index (χ2v) is 11.0. The largest absolute Gasteiger partial charge is 0.454 e. The van der Waals surface area contributed by atoms with Crippen LogP contribution in [0.15, 0.2) is 48.5 Å². The van der Waals surface area contributed by atoms with Crippen LogP contribution in [0.2, 0.25) is 0 Å². The number of sulfonamides is 1. The summed E-state index contributed by atoms with van der Waals surface area (Å²) in [6.07, 6.45) is 1.97. The quantitative estimate of drug-likeness (QED) is 0.463. The number of nitrogens with zero attached hydrogens (tertiary/aromatic N) is 2. The first-order valence-electron chi connectivity index (χ1n) is 12.1. The van der Waals surface area contributed by atoms with Crippen molar-refractivity contribution in [3.8, 4) is 11.5 Å². The van der Waals surface area contributed by atoms with Crippen LogP contribution in [0.4, 0.5) is 5.69 Å². The standard InChI is InChI=1S/C26H35N3O6S/c1-5-22(26(31)27-19(2)3)28(17-20-10-7-6-8-11-20)25(30)12-9-15-29(36(4,32)33)21-13-14-23-24(16-21)35-18-34-23/h6-8,10-11,13-14,16,19,22H,5,9,12,15,17-18H2,1-4H3,(H,27,31). The van der Waals surface area contributed by atoms with Gasteiger partial charge in [0.1, 0.15) is 6.04 Å². The molecule has 10 heteroatoms. The SMILES string of the molecule is CCC(C(=O)NC(C)C)N(Cc1ccccc1)C(=O)CCCN(c1ccc2c(c1)OCO2)S(C)(=O)=O. The first kappa shape index (κ1) is 27.3. The minimum Gasteiger partial charge on any atom is -0.454 e. The lowest BCUT2D eigenvalue weighted by Crippen LogP contribution is -2.50. The maximum atomic E-state index is 13.4. The number of benzene rings is 2. The summed E-state index contributed by atoms with van der Waals surface area (Å²) in [5.41, 5.74) is 1.36. The second kappa shape index (κ2) is 12.1. The molecule has 0 radical (unpaired) electrons. The van der Waals surface area contributed by atoms with Crippen LogP contribution in [-0.4, -0.2) is 56.8 Å². The zero-order chi connectivity index (χ0) is 26.3. The lowest BCUT2D eigenvalue weighted by atomic mass is 10.1. The molecule has 0 bridgehead atoms. The van der Waals surface area contributed by atoms with Gasteiger partial charge in [0.2, 0.25) is 28.6 Å². The minimum absolute atomic E-state index is 0.0507. The van der Waals surface area contributed by atoms with Crippen LogP contribution in [0.5, 0.6) is 11.5 Å². The number of fused-ring (bicyclic) bond motifs is 1. The molecular formula is C26H35N3O6S. The van der Waals surface area contributed by atoms with Crippen LogP contribution in [0.3, 0.4) is 0 Å². The first-order chi connectivity index (χ1) is 17.1. The van der Waals surface area contributed by atoms with Gasteiger partial charge >= 0.3 is 0 Å². The van der Waals surface area contributed by atoms with Gasteiger partial charge in [-0.05, 0) is 44.4 Å². The average molecular weight is 518 g/mol. The van der Waals surface area contributed by atoms with Crippen LogP contribution in [0, 0.1) is 0 Å². The highest BCUT2D eigenvalue weighted by Crippen LogP contribution is 2.36. The zero-order valence-electron chi connectivity index (χ0n) is 21.3. The highest BCUT2D eigenvalue weighted by atomic mass is 32.2. The normalized spacial score (nSPS) is 13.4. The summed E-state index contributed by atoms with van der Waals surface area (Å²) in [5.74, 6) is 0.635. The Balaban J connectivity index is 1.74. The number of hydrogen-bond donors (Lipinski definition) is 1. The Hall–Kier alpha value is -3.27. The number of carbonyl (C=O) groups excluding carboxylic acids is 2. The molecule has 36 heavy (non-hydrogen) atoms. The molecule has 0 aliphatic carbocycles. The van der Waals surface area contributed by atoms with E-state index in [1.165, 1.54) is 4.31 Å². The van der Waals surface area contributed by atoms with E-state index < -0.39 is 16.1 Å². The van der Waals surface area contributed by atoms with E-state index in [0.717, 1.165) is 11.8 Å². The van der Waals surface area contributed by atoms with E-state index >= 15 is 0 Å². The molecule has 1 N–H and O–H groups in total. The number of rotatable bonds is 12. The topological polar surface area (TPSA) is 105 Å². The molecule has 2 aromatic carbocycles. The Kier molecular flexibility index (Phi) is 9.19. The van der Waals surface area contributed by atoms with E-state index in [1.807, 2.05) is 51.1 Å². The lowest BCUT2D eigenvalue weighted by Gasteiger charge is -2.31. The number of carbonyl (C=O) groups is 2. The maximum absolute atomic E-state index is 13.4. The summed E-state index contributed by atoms with van der Waals surface area (Å²) >= 11 is 0. The van der Waals surface area contributed by atoms with Gasteiger partial charge in [0.15, 0.2) is 11.5 Å². The highest BCUT2D eigenvalue weighted by Gasteiger charge is 2.29. The predicted octanol–water partition coefficient (Wildman–Crippen LogP) is 3.29. The molecule has 0 saturated carbocycles. The second-order valence-electron chi connectivity index (χ2n) is 9.07. The van der Waals surface area contributed by atoms with Crippen molar-refractivity contribution >= 4 is 27.5 Å². The summed E-state index contributed by atoms with van der Waals surface area (Å²) in [5, 5.41) is 2.91. The Morgan fingerprint density at radius 1 is 1.06 bits per heavy atom. The van der Waals surface area contributed by atoms with Gasteiger partial charge in [0, 0.05) is 31.6 Å². The summed E-state index contributed by atoms with van der Waals surface area (Å²) in [6, 6.07) is 13.8. The van der Waals surface area contributed by atoms with Crippen LogP contribution in [0.1, 0.15) is 45.6 Å². The Bertz CT molecular complexity index is 1150. The van der Waals surface area contributed by atoms with Gasteiger partial charge in [-0.15, -0.1) is 0 Å². The molecule has 196 valence electrons. The fraction of sp³-hybridized carbons (Fsp3) is 0.462. The van der Waals surface area contributed by atoms with Crippen molar-refractivity contribution in [1.29, 1.82) is 0 Å². The smallest absolute Gasteiger partial charge is 0.243 e. The van der Waals surface area contributed by atoms with Crippen molar-refractivity contribution in [2.45, 2.75) is 58.7 Å². The van der Waals surface area contributed by atoms with Gasteiger partial charge < -0.3 is 19.7 Å². The number of amides is 2. The zero-order valence-corrected chi connectivity index (χ0v) is 22.1. The molecule has 1 heterocycles. The van der Waals surface area contributed by atoms with Gasteiger partial charge in [-0.25, -0.2) is 8.42 Å². The Morgan fingerprint density at radius 3 is 2.39 bits per heavy atom. The lowest BCUT2D eigenvalue weighted by molar-refractivity contribution is -0.141. The van der Waals surface area contributed by atoms with E-state index in [4.69, 9.17) is 9.47 Å². The molecule has 1 aliphatic rings. The predicted molar refractivity (Wildman–Crippen MR) is 138 cm³/mol. The molecule has 0 spiro atoms. The average Bonchev–Trinajstić information content (AvgIpc) is 3.29. The summed E-state index contributed by atoms with van der Waals surface area (Å²) in [7, 11) is -3.60. The van der Waals surface area contributed by atoms with Crippen molar-refractivity contribution in [3.05, 3.63) is 54.1 Å². The number of nitrogens with one attached hydrogen (secondary N) is 1. The van der Waals surface area contributed by atoms with Crippen molar-refractivity contribution in [1.82, 2.24) is 10.2 Å². The van der Waals surface area contributed by atoms with E-state index in [9.17, 15) is 18.0 Å². The van der Waals surface area contributed by atoms with Crippen molar-refractivity contribution in [2.75, 3.05) is 23.9 Å². The maximum Gasteiger partial charge on any atom is 0.243 e. The molecule has 2 aromatic rings. The molecule has 0 saturated heterocycles. The highest BCUT2D eigenvalue weighted by molar-refractivity contribution is 7.92. The third-order valence-corrected chi connectivity index (χ3v) is 7.00. The van der Waals surface area contributed by atoms with Gasteiger partial charge in [0.25, 0.3) is 0 Å².